The number of aryl methyl sites for hydroxylation is 2. The number of carbonyl (C=O) groups excluding carboxylic acids is 1. The van der Waals surface area contributed by atoms with Gasteiger partial charge >= 0.3 is 5.97 Å². The Bertz CT molecular complexity index is 923. The Balaban J connectivity index is 2.10. The van der Waals surface area contributed by atoms with E-state index in [1.807, 2.05) is 25.1 Å². The second kappa shape index (κ2) is 6.56. The molecule has 2 heterocycles. The Morgan fingerprint density at radius 3 is 2.83 bits per heavy atom. The van der Waals surface area contributed by atoms with Crippen LogP contribution in [0.15, 0.2) is 27.2 Å². The number of hydrogen-bond acceptors (Lipinski definition) is 7. The zero-order valence-electron chi connectivity index (χ0n) is 13.4. The van der Waals surface area contributed by atoms with Crippen LogP contribution in [0.4, 0.5) is 11.5 Å². The molecule has 0 amide bonds. The van der Waals surface area contributed by atoms with Crippen LogP contribution in [0.25, 0.3) is 11.1 Å². The molecule has 3 rings (SSSR count). The summed E-state index contributed by atoms with van der Waals surface area (Å²) in [6.07, 6.45) is 0. The summed E-state index contributed by atoms with van der Waals surface area (Å²) >= 11 is 3.44. The molecule has 0 atom stereocenters. The van der Waals surface area contributed by atoms with Crippen molar-refractivity contribution >= 4 is 44.5 Å². The third-order valence-electron chi connectivity index (χ3n) is 3.41. The number of benzene rings is 1. The normalized spacial score (nSPS) is 10.8. The van der Waals surface area contributed by atoms with Crippen LogP contribution in [0.5, 0.6) is 0 Å². The molecule has 1 aromatic carbocycles. The number of halogens is 1. The SMILES string of the molecule is CCOC(=O)c1nc(Nc2ccc(Br)cc2C)c2c(C)noc2n1. The molecule has 0 fully saturated rings. The minimum absolute atomic E-state index is 0.0715. The molecule has 0 aliphatic heterocycles. The number of esters is 1. The minimum atomic E-state index is -0.607. The summed E-state index contributed by atoms with van der Waals surface area (Å²) < 4.78 is 11.1. The van der Waals surface area contributed by atoms with Gasteiger partial charge in [-0.25, -0.2) is 9.78 Å². The molecule has 124 valence electrons. The van der Waals surface area contributed by atoms with E-state index in [4.69, 9.17) is 9.26 Å². The fraction of sp³-hybridized carbons (Fsp3) is 0.250. The Labute approximate surface area is 146 Å². The first-order valence-electron chi connectivity index (χ1n) is 7.34. The fourth-order valence-electron chi connectivity index (χ4n) is 2.26. The molecule has 0 radical (unpaired) electrons. The molecule has 7 nitrogen and oxygen atoms in total. The van der Waals surface area contributed by atoms with E-state index in [2.05, 4.69) is 36.4 Å². The van der Waals surface area contributed by atoms with Gasteiger partial charge in [-0.2, -0.15) is 4.98 Å². The summed E-state index contributed by atoms with van der Waals surface area (Å²) in [5.41, 5.74) is 2.75. The third-order valence-corrected chi connectivity index (χ3v) is 3.90. The van der Waals surface area contributed by atoms with Crippen molar-refractivity contribution in [3.63, 3.8) is 0 Å². The smallest absolute Gasteiger partial charge is 0.376 e. The maximum Gasteiger partial charge on any atom is 0.376 e. The summed E-state index contributed by atoms with van der Waals surface area (Å²) in [5, 5.41) is 7.76. The molecular weight excluding hydrogens is 376 g/mol. The first-order valence-corrected chi connectivity index (χ1v) is 8.13. The molecule has 0 saturated heterocycles. The highest BCUT2D eigenvalue weighted by Crippen LogP contribution is 2.29. The number of ether oxygens (including phenoxy) is 1. The van der Waals surface area contributed by atoms with Crippen LogP contribution in [0.2, 0.25) is 0 Å². The van der Waals surface area contributed by atoms with Crippen molar-refractivity contribution in [3.8, 4) is 0 Å². The lowest BCUT2D eigenvalue weighted by Gasteiger charge is -2.11. The highest BCUT2D eigenvalue weighted by atomic mass is 79.9. The van der Waals surface area contributed by atoms with Crippen molar-refractivity contribution < 1.29 is 14.1 Å². The van der Waals surface area contributed by atoms with Crippen molar-refractivity contribution in [1.82, 2.24) is 15.1 Å². The average Bonchev–Trinajstić information content (AvgIpc) is 2.92. The standard InChI is InChI=1S/C16H15BrN4O3/c1-4-23-16(22)14-19-13(12-9(3)21-24-15(12)20-14)18-11-6-5-10(17)7-8(11)2/h5-7H,4H2,1-3H3,(H,18,19,20). The van der Waals surface area contributed by atoms with E-state index >= 15 is 0 Å². The Kier molecular flexibility index (Phi) is 4.48. The first-order chi connectivity index (χ1) is 11.5. The zero-order chi connectivity index (χ0) is 17.3. The maximum absolute atomic E-state index is 12.0. The van der Waals surface area contributed by atoms with Gasteiger partial charge in [0.2, 0.25) is 5.82 Å². The first kappa shape index (κ1) is 16.4. The van der Waals surface area contributed by atoms with Gasteiger partial charge in [0.1, 0.15) is 11.2 Å². The summed E-state index contributed by atoms with van der Waals surface area (Å²) in [5.74, 6) is -0.228. The largest absolute Gasteiger partial charge is 0.460 e. The van der Waals surface area contributed by atoms with Crippen LogP contribution < -0.4 is 5.32 Å². The van der Waals surface area contributed by atoms with Crippen molar-refractivity contribution in [3.05, 3.63) is 39.8 Å². The highest BCUT2D eigenvalue weighted by Gasteiger charge is 2.20. The van der Waals surface area contributed by atoms with Crippen molar-refractivity contribution in [1.29, 1.82) is 0 Å². The molecule has 8 heteroatoms. The molecule has 0 unspecified atom stereocenters. The lowest BCUT2D eigenvalue weighted by Crippen LogP contribution is -2.11. The Hall–Kier alpha value is -2.48. The number of nitrogens with zero attached hydrogens (tertiary/aromatic N) is 3. The summed E-state index contributed by atoms with van der Waals surface area (Å²) in [7, 11) is 0. The van der Waals surface area contributed by atoms with Gasteiger partial charge in [-0.1, -0.05) is 21.1 Å². The Morgan fingerprint density at radius 2 is 2.12 bits per heavy atom. The van der Waals surface area contributed by atoms with Gasteiger partial charge in [-0.05, 0) is 44.5 Å². The molecule has 0 bridgehead atoms. The fourth-order valence-corrected chi connectivity index (χ4v) is 2.74. The van der Waals surface area contributed by atoms with Gasteiger partial charge in [0.25, 0.3) is 5.71 Å². The van der Waals surface area contributed by atoms with Crippen molar-refractivity contribution in [2.75, 3.05) is 11.9 Å². The van der Waals surface area contributed by atoms with E-state index in [1.165, 1.54) is 0 Å². The van der Waals surface area contributed by atoms with E-state index in [1.54, 1.807) is 13.8 Å². The molecule has 0 spiro atoms. The highest BCUT2D eigenvalue weighted by molar-refractivity contribution is 9.10. The zero-order valence-corrected chi connectivity index (χ0v) is 15.0. The van der Waals surface area contributed by atoms with E-state index in [-0.39, 0.29) is 18.1 Å². The van der Waals surface area contributed by atoms with Crippen LogP contribution in [0.3, 0.4) is 0 Å². The number of carbonyl (C=O) groups is 1. The van der Waals surface area contributed by atoms with Crippen LogP contribution in [-0.2, 0) is 4.74 Å². The van der Waals surface area contributed by atoms with Crippen LogP contribution in [0.1, 0.15) is 28.8 Å². The van der Waals surface area contributed by atoms with E-state index in [0.717, 1.165) is 15.7 Å². The molecule has 3 aromatic rings. The molecule has 1 N–H and O–H groups in total. The summed E-state index contributed by atoms with van der Waals surface area (Å²) in [4.78, 5) is 20.4. The van der Waals surface area contributed by atoms with Gasteiger partial charge < -0.3 is 14.6 Å². The second-order valence-corrected chi connectivity index (χ2v) is 6.06. The topological polar surface area (TPSA) is 90.1 Å². The quantitative estimate of drug-likeness (QED) is 0.674. The van der Waals surface area contributed by atoms with Gasteiger partial charge in [0.15, 0.2) is 0 Å². The molecular formula is C16H15BrN4O3. The van der Waals surface area contributed by atoms with Gasteiger partial charge in [-0.15, -0.1) is 0 Å². The predicted molar refractivity (Wildman–Crippen MR) is 92.5 cm³/mol. The molecule has 0 aliphatic rings. The summed E-state index contributed by atoms with van der Waals surface area (Å²) in [6.45, 7) is 5.72. The predicted octanol–water partition coefficient (Wildman–Crippen LogP) is 3.92. The number of rotatable bonds is 4. The molecule has 2 aromatic heterocycles. The van der Waals surface area contributed by atoms with E-state index in [0.29, 0.717) is 16.9 Å². The van der Waals surface area contributed by atoms with Crippen LogP contribution in [-0.4, -0.2) is 27.7 Å². The summed E-state index contributed by atoms with van der Waals surface area (Å²) in [6, 6.07) is 5.81. The lowest BCUT2D eigenvalue weighted by atomic mass is 10.2. The number of nitrogens with one attached hydrogen (secondary N) is 1. The maximum atomic E-state index is 12.0. The van der Waals surface area contributed by atoms with Crippen molar-refractivity contribution in [2.45, 2.75) is 20.8 Å². The van der Waals surface area contributed by atoms with E-state index < -0.39 is 5.97 Å². The molecule has 24 heavy (non-hydrogen) atoms. The minimum Gasteiger partial charge on any atom is -0.460 e. The average molecular weight is 391 g/mol. The number of hydrogen-bond donors (Lipinski definition) is 1. The number of aromatic nitrogens is 3. The third kappa shape index (κ3) is 3.09. The number of fused-ring (bicyclic) bond motifs is 1. The van der Waals surface area contributed by atoms with Gasteiger partial charge in [-0.3, -0.25) is 0 Å². The van der Waals surface area contributed by atoms with Crippen LogP contribution in [0, 0.1) is 13.8 Å². The molecule has 0 saturated carbocycles. The molecule has 0 aliphatic carbocycles. The van der Waals surface area contributed by atoms with E-state index in [9.17, 15) is 4.79 Å². The van der Waals surface area contributed by atoms with Crippen LogP contribution >= 0.6 is 15.9 Å². The van der Waals surface area contributed by atoms with Crippen molar-refractivity contribution in [2.24, 2.45) is 0 Å². The monoisotopic (exact) mass is 390 g/mol. The number of anilines is 2. The van der Waals surface area contributed by atoms with Gasteiger partial charge in [0.05, 0.1) is 12.3 Å². The Morgan fingerprint density at radius 1 is 1.33 bits per heavy atom. The van der Waals surface area contributed by atoms with Gasteiger partial charge in [0, 0.05) is 10.2 Å². The lowest BCUT2D eigenvalue weighted by molar-refractivity contribution is 0.0512. The second-order valence-electron chi connectivity index (χ2n) is 5.15.